The maximum atomic E-state index is 12.3. The zero-order valence-corrected chi connectivity index (χ0v) is 13.7. The van der Waals surface area contributed by atoms with Crippen LogP contribution in [0.2, 0.25) is 5.02 Å². The van der Waals surface area contributed by atoms with E-state index in [1.54, 1.807) is 18.3 Å². The van der Waals surface area contributed by atoms with E-state index < -0.39 is 0 Å². The van der Waals surface area contributed by atoms with Gasteiger partial charge in [-0.25, -0.2) is 4.98 Å². The third kappa shape index (κ3) is 3.07. The van der Waals surface area contributed by atoms with Crippen LogP contribution in [-0.4, -0.2) is 25.8 Å². The highest BCUT2D eigenvalue weighted by atomic mass is 35.5. The average molecular weight is 350 g/mol. The highest BCUT2D eigenvalue weighted by molar-refractivity contribution is 6.34. The van der Waals surface area contributed by atoms with E-state index in [0.717, 1.165) is 16.7 Å². The largest absolute Gasteiger partial charge is 0.337 e. The third-order valence-corrected chi connectivity index (χ3v) is 3.97. The first-order valence-electron chi connectivity index (χ1n) is 7.53. The van der Waals surface area contributed by atoms with Gasteiger partial charge in [0.1, 0.15) is 5.69 Å². The van der Waals surface area contributed by atoms with Crippen LogP contribution in [0.1, 0.15) is 10.4 Å². The number of rotatable bonds is 3. The summed E-state index contributed by atoms with van der Waals surface area (Å²) in [4.78, 5) is 28.2. The number of hydrogen-bond acceptors (Lipinski definition) is 4. The smallest absolute Gasteiger partial charge is 0.257 e. The van der Waals surface area contributed by atoms with Crippen LogP contribution in [0, 0.1) is 0 Å². The minimum Gasteiger partial charge on any atom is -0.337 e. The number of benzene rings is 1. The number of nitrogens with one attached hydrogen (secondary N) is 2. The highest BCUT2D eigenvalue weighted by Gasteiger charge is 2.12. The van der Waals surface area contributed by atoms with Crippen LogP contribution in [0.15, 0.2) is 61.1 Å². The SMILES string of the molecule is O=C(Nc1ccc2nc(-c3ccccn3)[nH]c2c1)c1ccncc1Cl. The van der Waals surface area contributed by atoms with Crippen molar-refractivity contribution in [2.45, 2.75) is 0 Å². The van der Waals surface area contributed by atoms with E-state index in [1.165, 1.54) is 12.4 Å². The molecule has 0 spiro atoms. The number of aromatic nitrogens is 4. The normalized spacial score (nSPS) is 10.8. The molecule has 3 aromatic heterocycles. The number of carbonyl (C=O) groups excluding carboxylic acids is 1. The van der Waals surface area contributed by atoms with Gasteiger partial charge >= 0.3 is 0 Å². The molecule has 1 aromatic carbocycles. The van der Waals surface area contributed by atoms with Crippen molar-refractivity contribution in [2.75, 3.05) is 5.32 Å². The molecule has 2 N–H and O–H groups in total. The summed E-state index contributed by atoms with van der Waals surface area (Å²) in [6.45, 7) is 0. The molecule has 6 nitrogen and oxygen atoms in total. The topological polar surface area (TPSA) is 83.6 Å². The van der Waals surface area contributed by atoms with Gasteiger partial charge in [0, 0.05) is 24.3 Å². The summed E-state index contributed by atoms with van der Waals surface area (Å²) in [5, 5.41) is 3.13. The molecule has 0 aliphatic heterocycles. The van der Waals surface area contributed by atoms with Crippen molar-refractivity contribution in [3.05, 3.63) is 71.6 Å². The van der Waals surface area contributed by atoms with Crippen LogP contribution in [0.25, 0.3) is 22.6 Å². The predicted molar refractivity (Wildman–Crippen MR) is 96.5 cm³/mol. The third-order valence-electron chi connectivity index (χ3n) is 3.66. The van der Waals surface area contributed by atoms with Crippen molar-refractivity contribution >= 4 is 34.2 Å². The number of anilines is 1. The Bertz CT molecular complexity index is 1060. The van der Waals surface area contributed by atoms with Crippen LogP contribution in [0.5, 0.6) is 0 Å². The average Bonchev–Trinajstić information content (AvgIpc) is 3.06. The molecule has 0 saturated heterocycles. The molecule has 0 atom stereocenters. The van der Waals surface area contributed by atoms with Crippen molar-refractivity contribution in [3.8, 4) is 11.5 Å². The van der Waals surface area contributed by atoms with Crippen LogP contribution in [-0.2, 0) is 0 Å². The Labute approximate surface area is 147 Å². The molecule has 0 aliphatic rings. The molecule has 25 heavy (non-hydrogen) atoms. The highest BCUT2D eigenvalue weighted by Crippen LogP contribution is 2.22. The molecule has 0 bridgehead atoms. The van der Waals surface area contributed by atoms with Gasteiger partial charge in [0.25, 0.3) is 5.91 Å². The van der Waals surface area contributed by atoms with E-state index in [4.69, 9.17) is 11.6 Å². The molecule has 7 heteroatoms. The number of H-pyrrole nitrogens is 1. The second-order valence-electron chi connectivity index (χ2n) is 5.34. The van der Waals surface area contributed by atoms with E-state index in [0.29, 0.717) is 22.1 Å². The molecule has 3 heterocycles. The molecule has 0 unspecified atom stereocenters. The quantitative estimate of drug-likeness (QED) is 0.587. The minimum absolute atomic E-state index is 0.295. The summed E-state index contributed by atoms with van der Waals surface area (Å²) in [7, 11) is 0. The lowest BCUT2D eigenvalue weighted by molar-refractivity contribution is 0.102. The Morgan fingerprint density at radius 1 is 1.12 bits per heavy atom. The molecule has 0 aliphatic carbocycles. The van der Waals surface area contributed by atoms with Gasteiger partial charge in [-0.2, -0.15) is 0 Å². The summed E-state index contributed by atoms with van der Waals surface area (Å²) in [5.74, 6) is 0.382. The van der Waals surface area contributed by atoms with Crippen LogP contribution in [0.4, 0.5) is 5.69 Å². The molecule has 4 aromatic rings. The van der Waals surface area contributed by atoms with Crippen molar-refractivity contribution in [1.29, 1.82) is 0 Å². The van der Waals surface area contributed by atoms with Gasteiger partial charge in [0.2, 0.25) is 0 Å². The van der Waals surface area contributed by atoms with Gasteiger partial charge in [-0.05, 0) is 36.4 Å². The number of pyridine rings is 2. The molecule has 0 saturated carbocycles. The number of nitrogens with zero attached hydrogens (tertiary/aromatic N) is 3. The number of amides is 1. The second-order valence-corrected chi connectivity index (χ2v) is 5.75. The number of fused-ring (bicyclic) bond motifs is 1. The Balaban J connectivity index is 1.63. The van der Waals surface area contributed by atoms with E-state index in [2.05, 4.69) is 25.3 Å². The number of carbonyl (C=O) groups is 1. The number of halogens is 1. The first-order chi connectivity index (χ1) is 12.2. The first kappa shape index (κ1) is 15.3. The van der Waals surface area contributed by atoms with Crippen LogP contribution in [0.3, 0.4) is 0 Å². The van der Waals surface area contributed by atoms with Crippen LogP contribution >= 0.6 is 11.6 Å². The maximum Gasteiger partial charge on any atom is 0.257 e. The zero-order chi connectivity index (χ0) is 17.2. The standard InChI is InChI=1S/C18H12ClN5O/c19-13-10-20-8-6-12(13)18(25)22-11-4-5-14-16(9-11)24-17(23-14)15-3-1-2-7-21-15/h1-10H,(H,22,25)(H,23,24). The molecule has 0 radical (unpaired) electrons. The van der Waals surface area contributed by atoms with E-state index in [9.17, 15) is 4.79 Å². The lowest BCUT2D eigenvalue weighted by Gasteiger charge is -2.06. The van der Waals surface area contributed by atoms with E-state index >= 15 is 0 Å². The maximum absolute atomic E-state index is 12.3. The summed E-state index contributed by atoms with van der Waals surface area (Å²) in [6.07, 6.45) is 4.68. The molecule has 4 rings (SSSR count). The minimum atomic E-state index is -0.295. The van der Waals surface area contributed by atoms with Crippen molar-refractivity contribution in [2.24, 2.45) is 0 Å². The number of imidazole rings is 1. The zero-order valence-electron chi connectivity index (χ0n) is 12.9. The molecule has 0 fully saturated rings. The lowest BCUT2D eigenvalue weighted by atomic mass is 10.2. The molecule has 122 valence electrons. The summed E-state index contributed by atoms with van der Waals surface area (Å²) >= 11 is 6.01. The van der Waals surface area contributed by atoms with Crippen molar-refractivity contribution in [3.63, 3.8) is 0 Å². The number of hydrogen-bond donors (Lipinski definition) is 2. The molecular weight excluding hydrogens is 338 g/mol. The first-order valence-corrected chi connectivity index (χ1v) is 7.90. The van der Waals surface area contributed by atoms with Crippen molar-refractivity contribution in [1.82, 2.24) is 19.9 Å². The Kier molecular flexibility index (Phi) is 3.87. The van der Waals surface area contributed by atoms with Crippen molar-refractivity contribution < 1.29 is 4.79 Å². The summed E-state index contributed by atoms with van der Waals surface area (Å²) in [5.41, 5.74) is 3.37. The Hall–Kier alpha value is -3.25. The fourth-order valence-corrected chi connectivity index (χ4v) is 2.67. The van der Waals surface area contributed by atoms with Gasteiger partial charge in [0.15, 0.2) is 5.82 Å². The summed E-state index contributed by atoms with van der Waals surface area (Å²) < 4.78 is 0. The Morgan fingerprint density at radius 2 is 2.04 bits per heavy atom. The van der Waals surface area contributed by atoms with Gasteiger partial charge in [-0.15, -0.1) is 0 Å². The fourth-order valence-electron chi connectivity index (χ4n) is 2.47. The van der Waals surface area contributed by atoms with Gasteiger partial charge in [-0.1, -0.05) is 17.7 Å². The monoisotopic (exact) mass is 349 g/mol. The number of aromatic amines is 1. The van der Waals surface area contributed by atoms with E-state index in [1.807, 2.05) is 30.3 Å². The lowest BCUT2D eigenvalue weighted by Crippen LogP contribution is -2.12. The van der Waals surface area contributed by atoms with Crippen LogP contribution < -0.4 is 5.32 Å². The van der Waals surface area contributed by atoms with Gasteiger partial charge in [-0.3, -0.25) is 14.8 Å². The second kappa shape index (κ2) is 6.33. The predicted octanol–water partition coefficient (Wildman–Crippen LogP) is 3.93. The summed E-state index contributed by atoms with van der Waals surface area (Å²) in [6, 6.07) is 12.7. The van der Waals surface area contributed by atoms with Gasteiger partial charge < -0.3 is 10.3 Å². The van der Waals surface area contributed by atoms with Gasteiger partial charge in [0.05, 0.1) is 21.6 Å². The van der Waals surface area contributed by atoms with E-state index in [-0.39, 0.29) is 5.91 Å². The molecular formula is C18H12ClN5O. The molecule has 1 amide bonds. The fraction of sp³-hybridized carbons (Fsp3) is 0. The Morgan fingerprint density at radius 3 is 2.84 bits per heavy atom.